The summed E-state index contributed by atoms with van der Waals surface area (Å²) in [5, 5.41) is 9.81. The maximum atomic E-state index is 13.2. The average Bonchev–Trinajstić information content (AvgIpc) is 3.39. The zero-order chi connectivity index (χ0) is 27.1. The number of imide groups is 1. The van der Waals surface area contributed by atoms with E-state index in [4.69, 9.17) is 14.7 Å². The fourth-order valence-electron chi connectivity index (χ4n) is 5.83. The molecular weight excluding hydrogens is 538 g/mol. The molecule has 212 valence electrons. The molecule has 11 nitrogen and oxygen atoms in total. The topological polar surface area (TPSA) is 117 Å². The summed E-state index contributed by atoms with van der Waals surface area (Å²) in [6.07, 6.45) is 0.617. The molecule has 0 bridgehead atoms. The molecule has 3 aromatic rings. The lowest BCUT2D eigenvalue weighted by Gasteiger charge is -2.28. The Kier molecular flexibility index (Phi) is 7.99. The number of likely N-dealkylation sites (N-methyl/N-ethyl adjacent to an activating group) is 1. The van der Waals surface area contributed by atoms with Crippen molar-refractivity contribution in [1.29, 1.82) is 0 Å². The Hall–Kier alpha value is -3.64. The number of urea groups is 1. The molecule has 0 saturated carbocycles. The van der Waals surface area contributed by atoms with Crippen molar-refractivity contribution in [2.45, 2.75) is 19.0 Å². The monoisotopic (exact) mass is 569 g/mol. The first-order valence-corrected chi connectivity index (χ1v) is 13.2. The van der Waals surface area contributed by atoms with E-state index in [9.17, 15) is 14.4 Å². The zero-order valence-electron chi connectivity index (χ0n) is 22.2. The molecule has 0 spiro atoms. The Morgan fingerprint density at radius 3 is 2.58 bits per heavy atom. The number of benzene rings is 2. The predicted molar refractivity (Wildman–Crippen MR) is 148 cm³/mol. The smallest absolute Gasteiger partial charge is 0.327 e. The van der Waals surface area contributed by atoms with Crippen molar-refractivity contribution in [3.05, 3.63) is 64.8 Å². The Bertz CT molecular complexity index is 1440. The molecule has 3 aliphatic heterocycles. The summed E-state index contributed by atoms with van der Waals surface area (Å²) in [7, 11) is 1.53. The van der Waals surface area contributed by atoms with Crippen LogP contribution in [0.1, 0.15) is 33.2 Å². The van der Waals surface area contributed by atoms with Gasteiger partial charge < -0.3 is 18.9 Å². The fraction of sp³-hybridized carbons (Fsp3) is 0.393. The fourth-order valence-corrected chi connectivity index (χ4v) is 5.83. The number of rotatable bonds is 7. The normalized spacial score (nSPS) is 18.9. The Morgan fingerprint density at radius 1 is 1.10 bits per heavy atom. The summed E-state index contributed by atoms with van der Waals surface area (Å²) in [6.45, 7) is 5.59. The number of nitrogens with one attached hydrogen (secondary N) is 1. The van der Waals surface area contributed by atoms with Crippen molar-refractivity contribution in [2.75, 3.05) is 53.0 Å². The van der Waals surface area contributed by atoms with Gasteiger partial charge in [0, 0.05) is 73.9 Å². The van der Waals surface area contributed by atoms with Gasteiger partial charge in [0.05, 0.1) is 13.2 Å². The van der Waals surface area contributed by atoms with Crippen LogP contribution in [0, 0.1) is 0 Å². The second-order valence-electron chi connectivity index (χ2n) is 10.1. The highest BCUT2D eigenvalue weighted by atomic mass is 35.5. The largest absolute Gasteiger partial charge is 0.492 e. The van der Waals surface area contributed by atoms with Gasteiger partial charge in [-0.05, 0) is 35.9 Å². The van der Waals surface area contributed by atoms with Crippen LogP contribution in [0.5, 0.6) is 5.75 Å². The van der Waals surface area contributed by atoms with Crippen LogP contribution >= 0.6 is 12.4 Å². The van der Waals surface area contributed by atoms with Crippen molar-refractivity contribution < 1.29 is 29.1 Å². The SMILES string of the molecule is CN1C(=O)C2c3c(n(Cc4ccc(C(=O)NO)cc4)c4ccc(OCCN5CCOCC5)cc34)CCN2C1=O.Cl. The number of ether oxygens (including phenoxy) is 2. The van der Waals surface area contributed by atoms with Crippen LogP contribution in [0.25, 0.3) is 10.9 Å². The third kappa shape index (κ3) is 4.90. The standard InChI is InChI=1S/C28H31N5O6.ClH/c1-30-27(35)25-24-21-16-20(39-15-12-31-10-13-38-14-11-31)6-7-22(21)33(23(24)8-9-32(25)28(30)36)17-18-2-4-19(5-3-18)26(34)29-37;/h2-7,16,25,37H,8-15,17H2,1H3,(H,29,34);1H. The summed E-state index contributed by atoms with van der Waals surface area (Å²) in [6, 6.07) is 12.0. The molecule has 40 heavy (non-hydrogen) atoms. The molecular formula is C28H32ClN5O6. The highest BCUT2D eigenvalue weighted by Gasteiger charge is 2.48. The molecule has 12 heteroatoms. The molecule has 0 aliphatic carbocycles. The molecule has 1 aromatic heterocycles. The van der Waals surface area contributed by atoms with Crippen LogP contribution in [-0.4, -0.2) is 95.4 Å². The van der Waals surface area contributed by atoms with E-state index >= 15 is 0 Å². The minimum atomic E-state index is -0.658. The van der Waals surface area contributed by atoms with Gasteiger partial charge in [0.25, 0.3) is 11.8 Å². The summed E-state index contributed by atoms with van der Waals surface area (Å²) < 4.78 is 13.7. The maximum Gasteiger partial charge on any atom is 0.327 e. The number of carbonyl (C=O) groups is 3. The van der Waals surface area contributed by atoms with E-state index in [2.05, 4.69) is 9.47 Å². The summed E-state index contributed by atoms with van der Waals surface area (Å²) in [5.41, 5.74) is 5.79. The molecule has 6 rings (SSSR count). The van der Waals surface area contributed by atoms with Gasteiger partial charge >= 0.3 is 6.03 Å². The van der Waals surface area contributed by atoms with E-state index in [0.717, 1.165) is 66.3 Å². The van der Waals surface area contributed by atoms with Crippen molar-refractivity contribution in [3.63, 3.8) is 0 Å². The lowest BCUT2D eigenvalue weighted by Crippen LogP contribution is -2.38. The number of hydrogen-bond acceptors (Lipinski definition) is 7. The van der Waals surface area contributed by atoms with Crippen molar-refractivity contribution >= 4 is 41.2 Å². The predicted octanol–water partition coefficient (Wildman–Crippen LogP) is 2.43. The minimum Gasteiger partial charge on any atom is -0.492 e. The average molecular weight is 570 g/mol. The zero-order valence-corrected chi connectivity index (χ0v) is 23.0. The first-order valence-electron chi connectivity index (χ1n) is 13.2. The number of fused-ring (bicyclic) bond motifs is 5. The maximum absolute atomic E-state index is 13.2. The second kappa shape index (κ2) is 11.5. The van der Waals surface area contributed by atoms with E-state index in [-0.39, 0.29) is 24.3 Å². The van der Waals surface area contributed by atoms with E-state index in [1.54, 1.807) is 22.5 Å². The lowest BCUT2D eigenvalue weighted by atomic mass is 9.96. The van der Waals surface area contributed by atoms with Crippen LogP contribution in [0.2, 0.25) is 0 Å². The number of amides is 4. The Morgan fingerprint density at radius 2 is 1.85 bits per heavy atom. The molecule has 1 unspecified atom stereocenters. The van der Waals surface area contributed by atoms with Crippen LogP contribution in [0.4, 0.5) is 4.79 Å². The molecule has 2 aromatic carbocycles. The quantitative estimate of drug-likeness (QED) is 0.255. The van der Waals surface area contributed by atoms with Gasteiger partial charge in [-0.3, -0.25) is 24.6 Å². The van der Waals surface area contributed by atoms with E-state index in [1.165, 1.54) is 11.9 Å². The van der Waals surface area contributed by atoms with Gasteiger partial charge in [-0.2, -0.15) is 0 Å². The summed E-state index contributed by atoms with van der Waals surface area (Å²) in [4.78, 5) is 42.9. The molecule has 1 atom stereocenters. The number of morpholine rings is 1. The third-order valence-electron chi connectivity index (χ3n) is 7.90. The second-order valence-corrected chi connectivity index (χ2v) is 10.1. The van der Waals surface area contributed by atoms with Crippen molar-refractivity contribution in [2.24, 2.45) is 0 Å². The summed E-state index contributed by atoms with van der Waals surface area (Å²) in [5.74, 6) is -0.0737. The number of hydrogen-bond donors (Lipinski definition) is 2. The lowest BCUT2D eigenvalue weighted by molar-refractivity contribution is -0.127. The Labute approximate surface area is 237 Å². The van der Waals surface area contributed by atoms with Gasteiger partial charge in [-0.25, -0.2) is 10.3 Å². The molecule has 2 fully saturated rings. The van der Waals surface area contributed by atoms with Crippen LogP contribution in [0.15, 0.2) is 42.5 Å². The molecule has 2 N–H and O–H groups in total. The van der Waals surface area contributed by atoms with Gasteiger partial charge in [0.1, 0.15) is 18.4 Å². The van der Waals surface area contributed by atoms with Gasteiger partial charge in [0.2, 0.25) is 0 Å². The number of nitrogens with zero attached hydrogens (tertiary/aromatic N) is 4. The summed E-state index contributed by atoms with van der Waals surface area (Å²) >= 11 is 0. The van der Waals surface area contributed by atoms with Gasteiger partial charge in [0.15, 0.2) is 0 Å². The van der Waals surface area contributed by atoms with Gasteiger partial charge in [-0.1, -0.05) is 12.1 Å². The van der Waals surface area contributed by atoms with Crippen molar-refractivity contribution in [1.82, 2.24) is 24.7 Å². The first-order chi connectivity index (χ1) is 19.0. The molecule has 3 aliphatic rings. The van der Waals surface area contributed by atoms with Crippen LogP contribution in [-0.2, 0) is 22.5 Å². The van der Waals surface area contributed by atoms with E-state index in [1.807, 2.05) is 30.3 Å². The first kappa shape index (κ1) is 27.9. The number of halogens is 1. The molecule has 4 heterocycles. The van der Waals surface area contributed by atoms with Crippen LogP contribution < -0.4 is 10.2 Å². The minimum absolute atomic E-state index is 0. The molecule has 2 saturated heterocycles. The number of hydroxylamine groups is 1. The van der Waals surface area contributed by atoms with Gasteiger partial charge in [-0.15, -0.1) is 12.4 Å². The molecule has 0 radical (unpaired) electrons. The van der Waals surface area contributed by atoms with Crippen LogP contribution in [0.3, 0.4) is 0 Å². The molecule has 4 amide bonds. The number of carbonyl (C=O) groups excluding carboxylic acids is 3. The van der Waals surface area contributed by atoms with E-state index in [0.29, 0.717) is 31.7 Å². The third-order valence-corrected chi connectivity index (χ3v) is 7.90. The highest BCUT2D eigenvalue weighted by molar-refractivity contribution is 6.07. The van der Waals surface area contributed by atoms with E-state index < -0.39 is 11.9 Å². The Balaban J connectivity index is 0.00000323. The highest BCUT2D eigenvalue weighted by Crippen LogP contribution is 2.43. The van der Waals surface area contributed by atoms with Crippen molar-refractivity contribution in [3.8, 4) is 5.75 Å². The number of aromatic nitrogens is 1.